The molecule has 1 amide bonds. The fourth-order valence-electron chi connectivity index (χ4n) is 4.21. The van der Waals surface area contributed by atoms with Crippen LogP contribution in [0.2, 0.25) is 0 Å². The predicted molar refractivity (Wildman–Crippen MR) is 119 cm³/mol. The van der Waals surface area contributed by atoms with Crippen LogP contribution in [0.5, 0.6) is 0 Å². The highest BCUT2D eigenvalue weighted by atomic mass is 35.5. The number of nitrogens with one attached hydrogen (secondary N) is 1. The number of amides is 1. The molecule has 1 aliphatic rings. The molecule has 1 aromatic carbocycles. The van der Waals surface area contributed by atoms with E-state index in [1.165, 1.54) is 0 Å². The van der Waals surface area contributed by atoms with Crippen LogP contribution in [0.1, 0.15) is 31.6 Å². The number of aromatic nitrogens is 4. The molecule has 3 heterocycles. The molecule has 2 aromatic heterocycles. The van der Waals surface area contributed by atoms with Gasteiger partial charge in [-0.2, -0.15) is 0 Å². The Balaban J connectivity index is 0.00000256. The first-order valence-corrected chi connectivity index (χ1v) is 10.3. The van der Waals surface area contributed by atoms with Gasteiger partial charge >= 0.3 is 5.69 Å². The Hall–Kier alpha value is -2.58. The number of hydrogen-bond donors (Lipinski definition) is 1. The van der Waals surface area contributed by atoms with Gasteiger partial charge in [0.25, 0.3) is 0 Å². The molecule has 1 aliphatic heterocycles. The third kappa shape index (κ3) is 4.02. The number of benzene rings is 1. The number of aryl methyl sites for hydroxylation is 3. The lowest BCUT2D eigenvalue weighted by Gasteiger charge is -2.35. The Labute approximate surface area is 181 Å². The number of rotatable bonds is 6. The molecule has 1 atom stereocenters. The first-order chi connectivity index (χ1) is 14.1. The zero-order valence-corrected chi connectivity index (χ0v) is 18.3. The van der Waals surface area contributed by atoms with Crippen molar-refractivity contribution in [3.63, 3.8) is 0 Å². The number of piperazine rings is 1. The van der Waals surface area contributed by atoms with E-state index in [0.29, 0.717) is 32.6 Å². The van der Waals surface area contributed by atoms with Crippen molar-refractivity contribution >= 4 is 29.3 Å². The summed E-state index contributed by atoms with van der Waals surface area (Å²) in [5.41, 5.74) is 1.78. The lowest BCUT2D eigenvalue weighted by atomic mass is 10.1. The quantitative estimate of drug-likeness (QED) is 0.645. The van der Waals surface area contributed by atoms with Crippen molar-refractivity contribution in [1.82, 2.24) is 28.9 Å². The largest absolute Gasteiger partial charge is 0.336 e. The highest BCUT2D eigenvalue weighted by molar-refractivity contribution is 5.85. The van der Waals surface area contributed by atoms with Gasteiger partial charge in [-0.05, 0) is 18.6 Å². The number of nitrogens with zero attached hydrogens (tertiary/aromatic N) is 5. The van der Waals surface area contributed by atoms with Crippen molar-refractivity contribution < 1.29 is 4.79 Å². The van der Waals surface area contributed by atoms with E-state index in [0.717, 1.165) is 29.8 Å². The highest BCUT2D eigenvalue weighted by Crippen LogP contribution is 2.22. The van der Waals surface area contributed by atoms with E-state index < -0.39 is 0 Å². The van der Waals surface area contributed by atoms with Gasteiger partial charge in [0.2, 0.25) is 5.91 Å². The molecular weight excluding hydrogens is 404 g/mol. The molecule has 0 radical (unpaired) electrons. The minimum atomic E-state index is -0.0885. The van der Waals surface area contributed by atoms with E-state index in [1.54, 1.807) is 15.3 Å². The summed E-state index contributed by atoms with van der Waals surface area (Å²) in [5.74, 6) is 0.931. The molecule has 1 saturated heterocycles. The molecule has 0 spiro atoms. The molecule has 8 nitrogen and oxygen atoms in total. The van der Waals surface area contributed by atoms with Gasteiger partial charge < -0.3 is 14.8 Å². The minimum absolute atomic E-state index is 0. The Bertz CT molecular complexity index is 1070. The number of imidazole rings is 2. The second-order valence-electron chi connectivity index (χ2n) is 7.53. The average molecular weight is 433 g/mol. The molecule has 3 aromatic rings. The van der Waals surface area contributed by atoms with Crippen LogP contribution in [0, 0.1) is 0 Å². The summed E-state index contributed by atoms with van der Waals surface area (Å²) >= 11 is 0. The standard InChI is InChI=1S/C21H28N6O2.ClH/c1-3-11-26-16-6-4-5-7-17(16)27(21(26)29)12-8-19(28)25-14-9-22-15-18(25)20-23-10-13-24(20)2;/h4-7,10,13,18,22H,3,8-9,11-12,14-15H2,1-2H3;1H. The molecule has 9 heteroatoms. The van der Waals surface area contributed by atoms with E-state index >= 15 is 0 Å². The normalized spacial score (nSPS) is 16.6. The van der Waals surface area contributed by atoms with E-state index in [4.69, 9.17) is 0 Å². The first kappa shape index (κ1) is 22.1. The van der Waals surface area contributed by atoms with Crippen molar-refractivity contribution in [2.75, 3.05) is 19.6 Å². The maximum absolute atomic E-state index is 13.1. The summed E-state index contributed by atoms with van der Waals surface area (Å²) in [6.45, 7) is 5.22. The van der Waals surface area contributed by atoms with Crippen molar-refractivity contribution in [2.45, 2.75) is 38.9 Å². The second-order valence-corrected chi connectivity index (χ2v) is 7.53. The first-order valence-electron chi connectivity index (χ1n) is 10.3. The van der Waals surface area contributed by atoms with Crippen LogP contribution >= 0.6 is 12.4 Å². The zero-order valence-electron chi connectivity index (χ0n) is 17.5. The maximum Gasteiger partial charge on any atom is 0.329 e. The number of carbonyl (C=O) groups is 1. The van der Waals surface area contributed by atoms with Crippen LogP contribution in [0.25, 0.3) is 11.0 Å². The van der Waals surface area contributed by atoms with Crippen LogP contribution in [0.4, 0.5) is 0 Å². The number of halogens is 1. The summed E-state index contributed by atoms with van der Waals surface area (Å²) in [7, 11) is 1.95. The Morgan fingerprint density at radius 2 is 1.90 bits per heavy atom. The average Bonchev–Trinajstić information content (AvgIpc) is 3.28. The van der Waals surface area contributed by atoms with Gasteiger partial charge in [0.05, 0.1) is 11.0 Å². The SMILES string of the molecule is CCCn1c(=O)n(CCC(=O)N2CCNCC2c2nccn2C)c2ccccc21.Cl. The topological polar surface area (TPSA) is 77.1 Å². The zero-order chi connectivity index (χ0) is 20.4. The molecule has 0 aliphatic carbocycles. The molecule has 1 N–H and O–H groups in total. The fraction of sp³-hybridized carbons (Fsp3) is 0.476. The molecule has 1 unspecified atom stereocenters. The van der Waals surface area contributed by atoms with Crippen molar-refractivity contribution in [1.29, 1.82) is 0 Å². The predicted octanol–water partition coefficient (Wildman–Crippen LogP) is 1.93. The molecule has 162 valence electrons. The minimum Gasteiger partial charge on any atom is -0.336 e. The Morgan fingerprint density at radius 1 is 1.20 bits per heavy atom. The monoisotopic (exact) mass is 432 g/mol. The van der Waals surface area contributed by atoms with Crippen LogP contribution in [-0.4, -0.2) is 49.1 Å². The third-order valence-corrected chi connectivity index (χ3v) is 5.64. The van der Waals surface area contributed by atoms with Gasteiger partial charge in [0.15, 0.2) is 0 Å². The lowest BCUT2D eigenvalue weighted by Crippen LogP contribution is -2.49. The van der Waals surface area contributed by atoms with E-state index in [2.05, 4.69) is 17.2 Å². The Morgan fingerprint density at radius 3 is 2.53 bits per heavy atom. The van der Waals surface area contributed by atoms with Crippen LogP contribution < -0.4 is 11.0 Å². The van der Waals surface area contributed by atoms with Gasteiger partial charge in [0, 0.05) is 58.6 Å². The van der Waals surface area contributed by atoms with Gasteiger partial charge in [-0.1, -0.05) is 19.1 Å². The second kappa shape index (κ2) is 9.49. The molecule has 4 rings (SSSR count). The van der Waals surface area contributed by atoms with Gasteiger partial charge in [-0.3, -0.25) is 13.9 Å². The summed E-state index contributed by atoms with van der Waals surface area (Å²) in [6, 6.07) is 7.72. The van der Waals surface area contributed by atoms with E-state index in [-0.39, 0.29) is 30.0 Å². The fourth-order valence-corrected chi connectivity index (χ4v) is 4.21. The van der Waals surface area contributed by atoms with E-state index in [9.17, 15) is 9.59 Å². The highest BCUT2D eigenvalue weighted by Gasteiger charge is 2.30. The number of carbonyl (C=O) groups excluding carboxylic acids is 1. The lowest BCUT2D eigenvalue weighted by molar-refractivity contribution is -0.135. The smallest absolute Gasteiger partial charge is 0.329 e. The van der Waals surface area contributed by atoms with Crippen molar-refractivity contribution in [2.24, 2.45) is 7.05 Å². The number of hydrogen-bond acceptors (Lipinski definition) is 4. The van der Waals surface area contributed by atoms with Gasteiger partial charge in [0.1, 0.15) is 11.9 Å². The molecule has 30 heavy (non-hydrogen) atoms. The maximum atomic E-state index is 13.1. The molecule has 0 bridgehead atoms. The van der Waals surface area contributed by atoms with E-state index in [1.807, 2.05) is 47.0 Å². The third-order valence-electron chi connectivity index (χ3n) is 5.64. The van der Waals surface area contributed by atoms with Gasteiger partial charge in [-0.15, -0.1) is 12.4 Å². The van der Waals surface area contributed by atoms with Crippen LogP contribution in [0.15, 0.2) is 41.5 Å². The molecule has 1 fully saturated rings. The number of fused-ring (bicyclic) bond motifs is 1. The van der Waals surface area contributed by atoms with Gasteiger partial charge in [-0.25, -0.2) is 9.78 Å². The van der Waals surface area contributed by atoms with Crippen LogP contribution in [0.3, 0.4) is 0 Å². The summed E-state index contributed by atoms with van der Waals surface area (Å²) in [5, 5.41) is 3.35. The summed E-state index contributed by atoms with van der Waals surface area (Å²) in [6.07, 6.45) is 4.84. The van der Waals surface area contributed by atoms with Crippen molar-refractivity contribution in [3.8, 4) is 0 Å². The number of para-hydroxylation sites is 2. The summed E-state index contributed by atoms with van der Waals surface area (Å²) in [4.78, 5) is 32.4. The molecule has 0 saturated carbocycles. The summed E-state index contributed by atoms with van der Waals surface area (Å²) < 4.78 is 5.50. The van der Waals surface area contributed by atoms with Crippen molar-refractivity contribution in [3.05, 3.63) is 53.0 Å². The van der Waals surface area contributed by atoms with Crippen LogP contribution in [-0.2, 0) is 24.9 Å². The Kier molecular flexibility index (Phi) is 6.99. The molecular formula is C21H29ClN6O2.